The fourth-order valence-electron chi connectivity index (χ4n) is 2.75. The molecule has 1 aliphatic rings. The lowest BCUT2D eigenvalue weighted by Crippen LogP contribution is -2.36. The Bertz CT molecular complexity index is 654. The Balaban J connectivity index is 1.34. The summed E-state index contributed by atoms with van der Waals surface area (Å²) < 4.78 is 7.68. The average Bonchev–Trinajstić information content (AvgIpc) is 3.03. The first kappa shape index (κ1) is 16.0. The van der Waals surface area contributed by atoms with Crippen molar-refractivity contribution in [3.63, 3.8) is 0 Å². The van der Waals surface area contributed by atoms with Crippen LogP contribution in [0.25, 0.3) is 0 Å². The van der Waals surface area contributed by atoms with Gasteiger partial charge < -0.3 is 14.6 Å². The second-order valence-corrected chi connectivity index (χ2v) is 6.17. The number of aryl methyl sites for hydroxylation is 1. The molecular weight excluding hydrogens is 314 g/mol. The minimum absolute atomic E-state index is 0.0375. The minimum Gasteiger partial charge on any atom is -0.375 e. The molecule has 23 heavy (non-hydrogen) atoms. The molecule has 0 spiro atoms. The van der Waals surface area contributed by atoms with Crippen LogP contribution in [-0.4, -0.2) is 28.6 Å². The highest BCUT2D eigenvalue weighted by Gasteiger charge is 2.24. The molecule has 0 radical (unpaired) electrons. The number of hydrogen-bond donors (Lipinski definition) is 1. The normalized spacial score (nSPS) is 16.8. The van der Waals surface area contributed by atoms with Crippen LogP contribution >= 0.6 is 11.6 Å². The fraction of sp³-hybridized carbons (Fsp3) is 0.412. The number of fused-ring (bicyclic) bond motifs is 1. The van der Waals surface area contributed by atoms with Gasteiger partial charge in [0.2, 0.25) is 5.91 Å². The monoisotopic (exact) mass is 333 g/mol. The van der Waals surface area contributed by atoms with Gasteiger partial charge in [-0.3, -0.25) is 4.79 Å². The average molecular weight is 334 g/mol. The van der Waals surface area contributed by atoms with Crippen molar-refractivity contribution in [3.05, 3.63) is 53.1 Å². The lowest BCUT2D eigenvalue weighted by Gasteiger charge is -2.22. The summed E-state index contributed by atoms with van der Waals surface area (Å²) in [4.78, 5) is 16.3. The number of nitrogens with zero attached hydrogens (tertiary/aromatic N) is 2. The van der Waals surface area contributed by atoms with Crippen LogP contribution in [0, 0.1) is 5.92 Å². The Morgan fingerprint density at radius 2 is 2.22 bits per heavy atom. The van der Waals surface area contributed by atoms with E-state index in [2.05, 4.69) is 14.9 Å². The summed E-state index contributed by atoms with van der Waals surface area (Å²) >= 11 is 5.83. The summed E-state index contributed by atoms with van der Waals surface area (Å²) in [5.74, 6) is 0.142. The number of rotatable bonds is 6. The maximum absolute atomic E-state index is 12.2. The van der Waals surface area contributed by atoms with E-state index in [4.69, 9.17) is 16.3 Å². The van der Waals surface area contributed by atoms with E-state index in [9.17, 15) is 4.79 Å². The highest BCUT2D eigenvalue weighted by molar-refractivity contribution is 6.30. The fourth-order valence-corrected chi connectivity index (χ4v) is 2.88. The van der Waals surface area contributed by atoms with Gasteiger partial charge >= 0.3 is 0 Å². The standard InChI is InChI=1S/C17H20ClN3O2/c18-15-3-1-13(2-4-15)11-23-8-6-20-17(22)14-5-7-21-12-19-10-16(21)9-14/h1-4,10,12,14H,5-9,11H2,(H,20,22). The second-order valence-electron chi connectivity index (χ2n) is 5.74. The molecule has 3 rings (SSSR count). The van der Waals surface area contributed by atoms with Crippen LogP contribution in [0.15, 0.2) is 36.8 Å². The first-order valence-corrected chi connectivity index (χ1v) is 8.19. The van der Waals surface area contributed by atoms with E-state index in [0.717, 1.165) is 35.7 Å². The molecule has 0 fully saturated rings. The van der Waals surface area contributed by atoms with Crippen LogP contribution < -0.4 is 5.32 Å². The number of carbonyl (C=O) groups excluding carboxylic acids is 1. The number of ether oxygens (including phenoxy) is 1. The number of benzene rings is 1. The van der Waals surface area contributed by atoms with Crippen molar-refractivity contribution in [3.8, 4) is 0 Å². The Hall–Kier alpha value is -1.85. The maximum Gasteiger partial charge on any atom is 0.223 e. The van der Waals surface area contributed by atoms with Crippen LogP contribution in [-0.2, 0) is 29.1 Å². The molecule has 0 saturated heterocycles. The summed E-state index contributed by atoms with van der Waals surface area (Å²) in [6, 6.07) is 7.56. The van der Waals surface area contributed by atoms with E-state index < -0.39 is 0 Å². The van der Waals surface area contributed by atoms with E-state index in [1.165, 1.54) is 0 Å². The number of imidazole rings is 1. The molecule has 1 N–H and O–H groups in total. The largest absolute Gasteiger partial charge is 0.375 e. The molecule has 1 aromatic carbocycles. The number of aromatic nitrogens is 2. The van der Waals surface area contributed by atoms with Crippen molar-refractivity contribution < 1.29 is 9.53 Å². The van der Waals surface area contributed by atoms with Gasteiger partial charge in [0.15, 0.2) is 0 Å². The lowest BCUT2D eigenvalue weighted by molar-refractivity contribution is -0.125. The topological polar surface area (TPSA) is 56.1 Å². The molecule has 1 aliphatic heterocycles. The summed E-state index contributed by atoms with van der Waals surface area (Å²) in [6.07, 6.45) is 5.29. The van der Waals surface area contributed by atoms with Gasteiger partial charge in [0.1, 0.15) is 0 Å². The van der Waals surface area contributed by atoms with Crippen LogP contribution in [0.1, 0.15) is 17.7 Å². The van der Waals surface area contributed by atoms with Crippen molar-refractivity contribution in [2.45, 2.75) is 26.0 Å². The highest BCUT2D eigenvalue weighted by atomic mass is 35.5. The van der Waals surface area contributed by atoms with Crippen molar-refractivity contribution in [1.82, 2.24) is 14.9 Å². The summed E-state index contributed by atoms with van der Waals surface area (Å²) in [7, 11) is 0. The van der Waals surface area contributed by atoms with E-state index in [0.29, 0.717) is 19.8 Å². The molecule has 1 amide bonds. The lowest BCUT2D eigenvalue weighted by atomic mass is 9.95. The summed E-state index contributed by atoms with van der Waals surface area (Å²) in [5, 5.41) is 3.67. The smallest absolute Gasteiger partial charge is 0.223 e. The molecule has 6 heteroatoms. The van der Waals surface area contributed by atoms with E-state index >= 15 is 0 Å². The zero-order chi connectivity index (χ0) is 16.1. The molecule has 122 valence electrons. The predicted molar refractivity (Wildman–Crippen MR) is 88.2 cm³/mol. The zero-order valence-corrected chi connectivity index (χ0v) is 13.6. The number of amides is 1. The molecule has 1 atom stereocenters. The van der Waals surface area contributed by atoms with Crippen molar-refractivity contribution in [1.29, 1.82) is 0 Å². The Labute approximate surface area is 140 Å². The predicted octanol–water partition coefficient (Wildman–Crippen LogP) is 2.43. The molecular formula is C17H20ClN3O2. The zero-order valence-electron chi connectivity index (χ0n) is 12.9. The third kappa shape index (κ3) is 4.33. The van der Waals surface area contributed by atoms with Crippen molar-refractivity contribution >= 4 is 17.5 Å². The van der Waals surface area contributed by atoms with E-state index in [1.807, 2.05) is 36.8 Å². The van der Waals surface area contributed by atoms with Gasteiger partial charge in [0.25, 0.3) is 0 Å². The number of halogens is 1. The van der Waals surface area contributed by atoms with Crippen LogP contribution in [0.2, 0.25) is 5.02 Å². The van der Waals surface area contributed by atoms with Crippen LogP contribution in [0.3, 0.4) is 0 Å². The van der Waals surface area contributed by atoms with Gasteiger partial charge in [-0.05, 0) is 24.1 Å². The van der Waals surface area contributed by atoms with Crippen molar-refractivity contribution in [2.24, 2.45) is 5.92 Å². The number of hydrogen-bond acceptors (Lipinski definition) is 3. The van der Waals surface area contributed by atoms with E-state index in [1.54, 1.807) is 0 Å². The molecule has 2 heterocycles. The summed E-state index contributed by atoms with van der Waals surface area (Å²) in [6.45, 7) is 2.41. The highest BCUT2D eigenvalue weighted by Crippen LogP contribution is 2.19. The minimum atomic E-state index is 0.0375. The SMILES string of the molecule is O=C(NCCOCc1ccc(Cl)cc1)C1CCn2cncc2C1. The third-order valence-electron chi connectivity index (χ3n) is 4.07. The first-order chi connectivity index (χ1) is 11.2. The summed E-state index contributed by atoms with van der Waals surface area (Å²) in [5.41, 5.74) is 2.21. The number of nitrogens with one attached hydrogen (secondary N) is 1. The van der Waals surface area contributed by atoms with Crippen LogP contribution in [0.4, 0.5) is 0 Å². The molecule has 1 aromatic heterocycles. The van der Waals surface area contributed by atoms with Gasteiger partial charge in [-0.1, -0.05) is 23.7 Å². The number of carbonyl (C=O) groups is 1. The van der Waals surface area contributed by atoms with Gasteiger partial charge in [-0.25, -0.2) is 4.98 Å². The molecule has 5 nitrogen and oxygen atoms in total. The molecule has 0 saturated carbocycles. The Morgan fingerprint density at radius 3 is 3.04 bits per heavy atom. The van der Waals surface area contributed by atoms with Crippen molar-refractivity contribution in [2.75, 3.05) is 13.2 Å². The molecule has 0 bridgehead atoms. The van der Waals surface area contributed by atoms with Crippen LogP contribution in [0.5, 0.6) is 0 Å². The van der Waals surface area contributed by atoms with Gasteiger partial charge in [-0.15, -0.1) is 0 Å². The molecule has 2 aromatic rings. The third-order valence-corrected chi connectivity index (χ3v) is 4.32. The van der Waals surface area contributed by atoms with Gasteiger partial charge in [-0.2, -0.15) is 0 Å². The van der Waals surface area contributed by atoms with E-state index in [-0.39, 0.29) is 11.8 Å². The molecule has 1 unspecified atom stereocenters. The second kappa shape index (κ2) is 7.62. The van der Waals surface area contributed by atoms with Gasteiger partial charge in [0, 0.05) is 42.3 Å². The Kier molecular flexibility index (Phi) is 5.31. The first-order valence-electron chi connectivity index (χ1n) is 7.81. The molecule has 0 aliphatic carbocycles. The maximum atomic E-state index is 12.2. The quantitative estimate of drug-likeness (QED) is 0.826. The Morgan fingerprint density at radius 1 is 1.39 bits per heavy atom. The van der Waals surface area contributed by atoms with Gasteiger partial charge in [0.05, 0.1) is 19.5 Å².